The molecule has 0 heterocycles. The lowest BCUT2D eigenvalue weighted by molar-refractivity contribution is -0.264. The highest BCUT2D eigenvalue weighted by molar-refractivity contribution is 5.79. The summed E-state index contributed by atoms with van der Waals surface area (Å²) in [5.41, 5.74) is 0.644. The maximum Gasteiger partial charge on any atom is 0.315 e. The van der Waals surface area contributed by atoms with Crippen LogP contribution in [0.5, 0.6) is 0 Å². The van der Waals surface area contributed by atoms with Crippen molar-refractivity contribution in [3.63, 3.8) is 0 Å². The van der Waals surface area contributed by atoms with Crippen molar-refractivity contribution in [3.8, 4) is 0 Å². The second kappa shape index (κ2) is 9.08. The molecule has 5 aliphatic carbocycles. The highest BCUT2D eigenvalue weighted by Crippen LogP contribution is 2.77. The third-order valence-corrected chi connectivity index (χ3v) is 14.0. The average Bonchev–Trinajstić information content (AvgIpc) is 3.22. The van der Waals surface area contributed by atoms with Crippen LogP contribution in [0, 0.1) is 56.7 Å². The Labute approximate surface area is 230 Å². The molecule has 0 radical (unpaired) electrons. The van der Waals surface area contributed by atoms with Crippen molar-refractivity contribution in [2.45, 2.75) is 112 Å². The number of allylic oxidation sites excluding steroid dienone is 1. The Bertz CT molecular complexity index is 1010. The Morgan fingerprint density at radius 1 is 0.895 bits per heavy atom. The summed E-state index contributed by atoms with van der Waals surface area (Å²) in [6.45, 7) is 17.8. The van der Waals surface area contributed by atoms with E-state index >= 15 is 0 Å². The van der Waals surface area contributed by atoms with Gasteiger partial charge in [-0.1, -0.05) is 32.9 Å². The molecule has 5 rings (SSSR count). The molecule has 0 amide bonds. The summed E-state index contributed by atoms with van der Waals surface area (Å²) < 4.78 is 11.2. The van der Waals surface area contributed by atoms with Crippen molar-refractivity contribution < 1.29 is 24.2 Å². The lowest BCUT2D eigenvalue weighted by atomic mass is 9.32. The zero-order valence-corrected chi connectivity index (χ0v) is 25.0. The lowest BCUT2D eigenvalue weighted by Crippen LogP contribution is -2.69. The minimum atomic E-state index is -0.861. The van der Waals surface area contributed by atoms with Gasteiger partial charge in [0.15, 0.2) is 0 Å². The summed E-state index contributed by atoms with van der Waals surface area (Å²) in [5, 5.41) is 11.4. The van der Waals surface area contributed by atoms with E-state index in [4.69, 9.17) is 9.47 Å². The molecule has 5 saturated carbocycles. The Balaban J connectivity index is 1.56. The van der Waals surface area contributed by atoms with Crippen LogP contribution < -0.4 is 0 Å². The molecular weight excluding hydrogens is 476 g/mol. The Morgan fingerprint density at radius 3 is 2.21 bits per heavy atom. The Morgan fingerprint density at radius 2 is 1.61 bits per heavy atom. The van der Waals surface area contributed by atoms with Gasteiger partial charge in [0.2, 0.25) is 0 Å². The van der Waals surface area contributed by atoms with Crippen molar-refractivity contribution in [1.29, 1.82) is 0 Å². The van der Waals surface area contributed by atoms with Gasteiger partial charge in [-0.05, 0) is 124 Å². The fraction of sp³-hybridized carbons (Fsp3) is 0.879. The van der Waals surface area contributed by atoms with E-state index in [1.165, 1.54) is 38.9 Å². The SMILES string of the molecule is C=C(C)[C@H]1CC[C@]2(C)CC[C@]3(CO)[C@H](CC[C@H]4[C@@]5(C)CC[C@@H](OC(C)=O)[C@](C)(C(=O)OC)[C@@H]5CC[C@]43C)[C@@H]12. The molecule has 5 aliphatic rings. The van der Waals surface area contributed by atoms with E-state index in [1.807, 2.05) is 6.92 Å². The second-order valence-corrected chi connectivity index (χ2v) is 15.1. The number of aliphatic hydroxyl groups excluding tert-OH is 1. The van der Waals surface area contributed by atoms with E-state index in [1.54, 1.807) is 0 Å². The molecule has 5 nitrogen and oxygen atoms in total. The molecule has 5 fully saturated rings. The van der Waals surface area contributed by atoms with Crippen molar-refractivity contribution in [2.24, 2.45) is 56.7 Å². The van der Waals surface area contributed by atoms with Crippen LogP contribution in [-0.2, 0) is 19.1 Å². The van der Waals surface area contributed by atoms with E-state index in [0.717, 1.165) is 38.5 Å². The predicted molar refractivity (Wildman–Crippen MR) is 148 cm³/mol. The monoisotopic (exact) mass is 528 g/mol. The van der Waals surface area contributed by atoms with E-state index in [-0.39, 0.29) is 40.7 Å². The molecule has 0 aliphatic heterocycles. The van der Waals surface area contributed by atoms with Crippen LogP contribution in [0.2, 0.25) is 0 Å². The lowest BCUT2D eigenvalue weighted by Gasteiger charge is -2.73. The quantitative estimate of drug-likeness (QED) is 0.324. The molecule has 11 atom stereocenters. The largest absolute Gasteiger partial charge is 0.468 e. The highest BCUT2D eigenvalue weighted by atomic mass is 16.6. The minimum Gasteiger partial charge on any atom is -0.468 e. The molecule has 0 aromatic carbocycles. The van der Waals surface area contributed by atoms with Crippen LogP contribution in [-0.4, -0.2) is 36.9 Å². The van der Waals surface area contributed by atoms with Gasteiger partial charge < -0.3 is 14.6 Å². The number of carbonyl (C=O) groups is 2. The number of aliphatic hydroxyl groups is 1. The maximum atomic E-state index is 13.5. The summed E-state index contributed by atoms with van der Waals surface area (Å²) >= 11 is 0. The number of fused-ring (bicyclic) bond motifs is 7. The van der Waals surface area contributed by atoms with Gasteiger partial charge in [-0.25, -0.2) is 0 Å². The van der Waals surface area contributed by atoms with E-state index in [9.17, 15) is 14.7 Å². The fourth-order valence-electron chi connectivity index (χ4n) is 12.2. The average molecular weight is 529 g/mol. The van der Waals surface area contributed by atoms with Gasteiger partial charge >= 0.3 is 11.9 Å². The summed E-state index contributed by atoms with van der Waals surface area (Å²) in [6, 6.07) is 0. The molecular formula is C33H52O5. The summed E-state index contributed by atoms with van der Waals surface area (Å²) in [5.74, 6) is 1.58. The number of hydrogen-bond acceptors (Lipinski definition) is 5. The van der Waals surface area contributed by atoms with E-state index < -0.39 is 11.5 Å². The molecule has 0 saturated heterocycles. The molecule has 1 N–H and O–H groups in total. The van der Waals surface area contributed by atoms with Crippen LogP contribution in [0.1, 0.15) is 106 Å². The first-order valence-electron chi connectivity index (χ1n) is 15.3. The molecule has 0 aromatic rings. The van der Waals surface area contributed by atoms with Gasteiger partial charge in [0.1, 0.15) is 11.5 Å². The molecule has 0 unspecified atom stereocenters. The third kappa shape index (κ3) is 3.45. The maximum absolute atomic E-state index is 13.5. The van der Waals surface area contributed by atoms with Gasteiger partial charge in [-0.3, -0.25) is 9.59 Å². The number of carbonyl (C=O) groups excluding carboxylic acids is 2. The van der Waals surface area contributed by atoms with E-state index in [0.29, 0.717) is 35.5 Å². The van der Waals surface area contributed by atoms with Crippen molar-refractivity contribution in [3.05, 3.63) is 12.2 Å². The van der Waals surface area contributed by atoms with Crippen LogP contribution in [0.4, 0.5) is 0 Å². The molecule has 38 heavy (non-hydrogen) atoms. The number of hydrogen-bond donors (Lipinski definition) is 1. The first-order chi connectivity index (χ1) is 17.7. The molecule has 214 valence electrons. The summed E-state index contributed by atoms with van der Waals surface area (Å²) in [4.78, 5) is 25.5. The molecule has 0 spiro atoms. The molecule has 0 bridgehead atoms. The topological polar surface area (TPSA) is 72.8 Å². The Hall–Kier alpha value is -1.36. The van der Waals surface area contributed by atoms with E-state index in [2.05, 4.69) is 34.3 Å². The predicted octanol–water partition coefficient (Wildman–Crippen LogP) is 6.72. The number of rotatable bonds is 4. The first kappa shape index (κ1) is 28.2. The molecule has 0 aromatic heterocycles. The number of ether oxygens (including phenoxy) is 2. The second-order valence-electron chi connectivity index (χ2n) is 15.1. The first-order valence-corrected chi connectivity index (χ1v) is 15.3. The summed E-state index contributed by atoms with van der Waals surface area (Å²) in [7, 11) is 1.46. The third-order valence-electron chi connectivity index (χ3n) is 14.0. The van der Waals surface area contributed by atoms with Crippen molar-refractivity contribution in [1.82, 2.24) is 0 Å². The van der Waals surface area contributed by atoms with Crippen LogP contribution in [0.3, 0.4) is 0 Å². The highest BCUT2D eigenvalue weighted by Gasteiger charge is 2.73. The van der Waals surface area contributed by atoms with Crippen LogP contribution in [0.15, 0.2) is 12.2 Å². The van der Waals surface area contributed by atoms with Gasteiger partial charge in [0.05, 0.1) is 7.11 Å². The normalized spacial score (nSPS) is 51.6. The van der Waals surface area contributed by atoms with Crippen LogP contribution >= 0.6 is 0 Å². The Kier molecular flexibility index (Phi) is 6.73. The van der Waals surface area contributed by atoms with Crippen molar-refractivity contribution >= 4 is 11.9 Å². The summed E-state index contributed by atoms with van der Waals surface area (Å²) in [6.07, 6.45) is 10.1. The van der Waals surface area contributed by atoms with Gasteiger partial charge in [-0.15, -0.1) is 0 Å². The number of esters is 2. The fourth-order valence-corrected chi connectivity index (χ4v) is 12.2. The van der Waals surface area contributed by atoms with Gasteiger partial charge in [-0.2, -0.15) is 0 Å². The van der Waals surface area contributed by atoms with Gasteiger partial charge in [0.25, 0.3) is 0 Å². The minimum absolute atomic E-state index is 0.00472. The standard InChI is InChI=1S/C33H52O5/c1-20(2)22-11-14-29(4)17-18-33(19-34)23(27(22)29)9-10-24-30(5)15-13-26(38-21(3)35)32(7,28(36)37-8)25(30)12-16-31(24,33)6/h22-27,34H,1,9-19H2,2-8H3/t22-,23-,24+,25-,26-,27-,29-,30-,31-,32-,33+/m1/s1. The molecule has 5 heteroatoms. The van der Waals surface area contributed by atoms with Gasteiger partial charge in [0, 0.05) is 18.9 Å². The van der Waals surface area contributed by atoms with Crippen LogP contribution in [0.25, 0.3) is 0 Å². The number of methoxy groups -OCH3 is 1. The van der Waals surface area contributed by atoms with Crippen molar-refractivity contribution in [2.75, 3.05) is 13.7 Å². The smallest absolute Gasteiger partial charge is 0.315 e. The zero-order chi connectivity index (χ0) is 27.9. The zero-order valence-electron chi connectivity index (χ0n) is 25.0.